The number of hydrogen-bond donors (Lipinski definition) is 2. The summed E-state index contributed by atoms with van der Waals surface area (Å²) >= 11 is 5.99. The lowest BCUT2D eigenvalue weighted by Crippen LogP contribution is -2.37. The minimum atomic E-state index is -0.109. The summed E-state index contributed by atoms with van der Waals surface area (Å²) in [7, 11) is 0. The lowest BCUT2D eigenvalue weighted by molar-refractivity contribution is 0.403. The van der Waals surface area contributed by atoms with Crippen molar-refractivity contribution in [3.05, 3.63) is 95.2 Å². The summed E-state index contributed by atoms with van der Waals surface area (Å²) < 4.78 is 2.25. The van der Waals surface area contributed by atoms with E-state index in [-0.39, 0.29) is 11.5 Å². The second-order valence-electron chi connectivity index (χ2n) is 7.72. The Labute approximate surface area is 180 Å². The van der Waals surface area contributed by atoms with Gasteiger partial charge in [-0.1, -0.05) is 66.8 Å². The number of aromatic hydroxyl groups is 2. The van der Waals surface area contributed by atoms with Crippen LogP contribution in [0.15, 0.2) is 72.8 Å². The topological polar surface area (TPSA) is 48.6 Å². The lowest BCUT2D eigenvalue weighted by atomic mass is 10.0. The third-order valence-electron chi connectivity index (χ3n) is 5.79. The molecule has 0 aliphatic carbocycles. The molecule has 0 fully saturated rings. The van der Waals surface area contributed by atoms with Crippen molar-refractivity contribution in [3.63, 3.8) is 0 Å². The van der Waals surface area contributed by atoms with Crippen LogP contribution in [-0.4, -0.2) is 31.2 Å². The van der Waals surface area contributed by atoms with Gasteiger partial charge in [-0.2, -0.15) is 0 Å². The molecule has 0 unspecified atom stereocenters. The first-order valence-corrected chi connectivity index (χ1v) is 10.5. The average molecular weight is 415 g/mol. The smallest absolute Gasteiger partial charge is 0.157 e. The Hall–Kier alpha value is -3.31. The maximum absolute atomic E-state index is 9.95. The van der Waals surface area contributed by atoms with Crippen LogP contribution in [0.1, 0.15) is 22.4 Å². The van der Waals surface area contributed by atoms with Gasteiger partial charge in [-0.05, 0) is 41.3 Å². The Morgan fingerprint density at radius 1 is 0.800 bits per heavy atom. The molecular formula is C25H22N2O2S. The van der Waals surface area contributed by atoms with Crippen LogP contribution in [-0.2, 0) is 19.5 Å². The monoisotopic (exact) mass is 414 g/mol. The fourth-order valence-corrected chi connectivity index (χ4v) is 4.73. The Bertz CT molecular complexity index is 1250. The molecule has 1 aliphatic rings. The van der Waals surface area contributed by atoms with Crippen molar-refractivity contribution in [3.8, 4) is 11.5 Å². The highest BCUT2D eigenvalue weighted by molar-refractivity contribution is 7.80. The number of benzene rings is 3. The van der Waals surface area contributed by atoms with E-state index in [2.05, 4.69) is 51.9 Å². The van der Waals surface area contributed by atoms with Crippen molar-refractivity contribution in [2.45, 2.75) is 19.5 Å². The molecule has 0 radical (unpaired) electrons. The minimum absolute atomic E-state index is 0.105. The fraction of sp³-hybridized carbons (Fsp3) is 0.160. The molecule has 0 saturated heterocycles. The Kier molecular flexibility index (Phi) is 4.68. The van der Waals surface area contributed by atoms with Gasteiger partial charge in [0.05, 0.1) is 5.69 Å². The third-order valence-corrected chi connectivity index (χ3v) is 6.25. The van der Waals surface area contributed by atoms with Gasteiger partial charge in [0.1, 0.15) is 4.99 Å². The second-order valence-corrected chi connectivity index (χ2v) is 8.10. The quantitative estimate of drug-likeness (QED) is 0.371. The van der Waals surface area contributed by atoms with Gasteiger partial charge in [-0.3, -0.25) is 0 Å². The van der Waals surface area contributed by atoms with Crippen molar-refractivity contribution in [2.24, 2.45) is 0 Å². The van der Waals surface area contributed by atoms with Gasteiger partial charge in [-0.25, -0.2) is 0 Å². The molecule has 0 spiro atoms. The zero-order valence-electron chi connectivity index (χ0n) is 16.5. The van der Waals surface area contributed by atoms with E-state index in [1.165, 1.54) is 22.6 Å². The van der Waals surface area contributed by atoms with Crippen molar-refractivity contribution >= 4 is 28.1 Å². The van der Waals surface area contributed by atoms with E-state index in [0.29, 0.717) is 6.54 Å². The summed E-state index contributed by atoms with van der Waals surface area (Å²) in [5, 5.41) is 20.8. The van der Waals surface area contributed by atoms with Crippen LogP contribution in [0, 0.1) is 0 Å². The van der Waals surface area contributed by atoms with Crippen LogP contribution >= 0.6 is 12.2 Å². The predicted molar refractivity (Wildman–Crippen MR) is 123 cm³/mol. The molecule has 30 heavy (non-hydrogen) atoms. The molecule has 1 aromatic heterocycles. The number of phenolic OH excluding ortho intramolecular Hbond substituents is 2. The minimum Gasteiger partial charge on any atom is -0.504 e. The molecule has 2 N–H and O–H groups in total. The summed E-state index contributed by atoms with van der Waals surface area (Å²) in [6, 6.07) is 23.8. The van der Waals surface area contributed by atoms with E-state index in [4.69, 9.17) is 12.2 Å². The van der Waals surface area contributed by atoms with Gasteiger partial charge in [-0.15, -0.1) is 0 Å². The number of hydrogen-bond acceptors (Lipinski definition) is 3. The molecule has 0 amide bonds. The number of thiocarbonyl (C=S) groups is 1. The fourth-order valence-electron chi connectivity index (χ4n) is 4.34. The zero-order valence-corrected chi connectivity index (χ0v) is 17.3. The highest BCUT2D eigenvalue weighted by atomic mass is 32.1. The molecule has 1 aliphatic heterocycles. The predicted octanol–water partition coefficient (Wildman–Crippen LogP) is 4.83. The summed E-state index contributed by atoms with van der Waals surface area (Å²) in [5.41, 5.74) is 5.68. The maximum Gasteiger partial charge on any atom is 0.157 e. The Balaban J connectivity index is 1.58. The van der Waals surface area contributed by atoms with Crippen LogP contribution in [0.2, 0.25) is 0 Å². The van der Waals surface area contributed by atoms with E-state index < -0.39 is 0 Å². The Morgan fingerprint density at radius 3 is 2.37 bits per heavy atom. The van der Waals surface area contributed by atoms with Gasteiger partial charge in [0.2, 0.25) is 0 Å². The molecule has 150 valence electrons. The molecule has 5 heteroatoms. The summed E-state index contributed by atoms with van der Waals surface area (Å²) in [6.45, 7) is 2.26. The number of para-hydroxylation sites is 1. The van der Waals surface area contributed by atoms with Gasteiger partial charge < -0.3 is 19.7 Å². The van der Waals surface area contributed by atoms with Crippen LogP contribution < -0.4 is 0 Å². The van der Waals surface area contributed by atoms with Crippen LogP contribution in [0.3, 0.4) is 0 Å². The molecular weight excluding hydrogens is 392 g/mol. The summed E-state index contributed by atoms with van der Waals surface area (Å²) in [4.78, 5) is 3.13. The first kappa shape index (κ1) is 18.7. The summed E-state index contributed by atoms with van der Waals surface area (Å²) in [6.07, 6.45) is 0.941. The van der Waals surface area contributed by atoms with Crippen molar-refractivity contribution in [1.29, 1.82) is 0 Å². The molecule has 0 saturated carbocycles. The zero-order chi connectivity index (χ0) is 20.7. The highest BCUT2D eigenvalue weighted by Gasteiger charge is 2.28. The molecule has 3 aromatic carbocycles. The Morgan fingerprint density at radius 2 is 1.57 bits per heavy atom. The van der Waals surface area contributed by atoms with Crippen LogP contribution in [0.4, 0.5) is 0 Å². The number of fused-ring (bicyclic) bond motifs is 3. The van der Waals surface area contributed by atoms with E-state index in [0.717, 1.165) is 41.3 Å². The first-order chi connectivity index (χ1) is 14.6. The maximum atomic E-state index is 9.95. The average Bonchev–Trinajstić information content (AvgIpc) is 3.08. The van der Waals surface area contributed by atoms with Crippen LogP contribution in [0.5, 0.6) is 11.5 Å². The van der Waals surface area contributed by atoms with Crippen molar-refractivity contribution < 1.29 is 10.2 Å². The van der Waals surface area contributed by atoms with E-state index in [1.54, 1.807) is 6.07 Å². The standard InChI is InChI=1S/C25H22N2O2S/c28-22-11-10-18(14-23(22)29)16-27-21-9-5-4-8-19(21)20-12-13-26(25(30)24(20)27)15-17-6-2-1-3-7-17/h1-11,14,28-29H,12-13,15-16H2. The highest BCUT2D eigenvalue weighted by Crippen LogP contribution is 2.33. The van der Waals surface area contributed by atoms with E-state index >= 15 is 0 Å². The number of rotatable bonds is 4. The van der Waals surface area contributed by atoms with Crippen LogP contribution in [0.25, 0.3) is 10.9 Å². The van der Waals surface area contributed by atoms with E-state index in [9.17, 15) is 10.2 Å². The van der Waals surface area contributed by atoms with Crippen molar-refractivity contribution in [2.75, 3.05) is 6.54 Å². The third kappa shape index (κ3) is 3.21. The van der Waals surface area contributed by atoms with Gasteiger partial charge in [0, 0.05) is 30.5 Å². The molecule has 0 atom stereocenters. The van der Waals surface area contributed by atoms with Gasteiger partial charge >= 0.3 is 0 Å². The van der Waals surface area contributed by atoms with E-state index in [1.807, 2.05) is 18.2 Å². The number of phenols is 2. The SMILES string of the molecule is Oc1ccc(Cn2c3c(c4ccccc42)CCN(Cc2ccccc2)C3=S)cc1O. The van der Waals surface area contributed by atoms with Crippen molar-refractivity contribution in [1.82, 2.24) is 9.47 Å². The summed E-state index contributed by atoms with van der Waals surface area (Å²) in [5.74, 6) is -0.214. The molecule has 5 rings (SSSR count). The molecule has 2 heterocycles. The number of nitrogens with zero attached hydrogens (tertiary/aromatic N) is 2. The molecule has 4 nitrogen and oxygen atoms in total. The molecule has 4 aromatic rings. The normalized spacial score (nSPS) is 13.6. The van der Waals surface area contributed by atoms with Gasteiger partial charge in [0.15, 0.2) is 11.5 Å². The van der Waals surface area contributed by atoms with Gasteiger partial charge in [0.25, 0.3) is 0 Å². The molecule has 0 bridgehead atoms. The second kappa shape index (κ2) is 7.50. The largest absolute Gasteiger partial charge is 0.504 e. The number of aromatic nitrogens is 1. The first-order valence-electron chi connectivity index (χ1n) is 10.1. The lowest BCUT2D eigenvalue weighted by Gasteiger charge is -2.31.